The topological polar surface area (TPSA) is 78.9 Å². The molecule has 0 amide bonds. The largest absolute Gasteiger partial charge is 0.472 e. The molecule has 0 saturated carbocycles. The average Bonchev–Trinajstić information content (AvgIpc) is 2.72. The number of fused-ring (bicyclic) bond motifs is 1. The van der Waals surface area contributed by atoms with E-state index in [0.29, 0.717) is 18.6 Å². The molecule has 104 valence electrons. The van der Waals surface area contributed by atoms with Gasteiger partial charge in [0.25, 0.3) is 10.1 Å². The summed E-state index contributed by atoms with van der Waals surface area (Å²) in [6.45, 7) is 1.53. The van der Waals surface area contributed by atoms with Crippen LogP contribution in [0.1, 0.15) is 19.8 Å². The molecule has 19 heavy (non-hydrogen) atoms. The summed E-state index contributed by atoms with van der Waals surface area (Å²) in [5.41, 5.74) is 1.73. The Morgan fingerprint density at radius 1 is 1.42 bits per heavy atom. The van der Waals surface area contributed by atoms with Crippen molar-refractivity contribution >= 4 is 16.1 Å². The van der Waals surface area contributed by atoms with E-state index in [0.717, 1.165) is 11.1 Å². The van der Waals surface area contributed by atoms with Crippen molar-refractivity contribution in [2.75, 3.05) is 12.4 Å². The maximum Gasteiger partial charge on any atom is 0.328 e. The summed E-state index contributed by atoms with van der Waals surface area (Å²) in [5.74, 6) is -1.14. The molecular weight excluding hydrogens is 272 g/mol. The van der Waals surface area contributed by atoms with Crippen LogP contribution in [0, 0.1) is 0 Å². The molecule has 0 saturated heterocycles. The number of hydrogen-bond acceptors (Lipinski definition) is 6. The van der Waals surface area contributed by atoms with Gasteiger partial charge in [0.15, 0.2) is 5.75 Å². The molecule has 1 aliphatic carbocycles. The van der Waals surface area contributed by atoms with E-state index < -0.39 is 21.8 Å². The molecule has 0 aromatic carbocycles. The van der Waals surface area contributed by atoms with Gasteiger partial charge in [-0.1, -0.05) is 0 Å². The van der Waals surface area contributed by atoms with Crippen LogP contribution in [0.4, 0.5) is 0 Å². The molecule has 0 aromatic rings. The fourth-order valence-corrected chi connectivity index (χ4v) is 2.68. The van der Waals surface area contributed by atoms with Crippen LogP contribution in [-0.2, 0) is 28.6 Å². The SMILES string of the molecule is CCOS(=O)(=O)CC(=O)OC1=C2C=COC=C2CC1. The van der Waals surface area contributed by atoms with Gasteiger partial charge < -0.3 is 9.47 Å². The van der Waals surface area contributed by atoms with E-state index in [1.54, 1.807) is 12.3 Å². The minimum Gasteiger partial charge on any atom is -0.472 e. The van der Waals surface area contributed by atoms with Gasteiger partial charge in [0.2, 0.25) is 0 Å². The van der Waals surface area contributed by atoms with Crippen LogP contribution in [-0.4, -0.2) is 26.7 Å². The van der Waals surface area contributed by atoms with Gasteiger partial charge in [0, 0.05) is 12.0 Å². The first-order valence-corrected chi connectivity index (χ1v) is 7.42. The highest BCUT2D eigenvalue weighted by Gasteiger charge is 2.25. The molecule has 1 aliphatic heterocycles. The van der Waals surface area contributed by atoms with E-state index in [2.05, 4.69) is 4.18 Å². The molecule has 0 bridgehead atoms. The molecule has 0 spiro atoms. The molecule has 2 rings (SSSR count). The third-order valence-corrected chi connectivity index (χ3v) is 3.80. The fourth-order valence-electron chi connectivity index (χ4n) is 1.89. The lowest BCUT2D eigenvalue weighted by atomic mass is 10.1. The number of allylic oxidation sites excluding steroid dienone is 4. The number of esters is 1. The standard InChI is InChI=1S/C12H14O6S/c1-2-17-19(14,15)8-12(13)18-11-4-3-9-7-16-6-5-10(9)11/h5-7H,2-4,8H2,1H3. The molecule has 0 atom stereocenters. The van der Waals surface area contributed by atoms with Crippen LogP contribution in [0.3, 0.4) is 0 Å². The van der Waals surface area contributed by atoms with Crippen LogP contribution in [0.2, 0.25) is 0 Å². The molecule has 0 N–H and O–H groups in total. The van der Waals surface area contributed by atoms with E-state index in [1.807, 2.05) is 0 Å². The highest BCUT2D eigenvalue weighted by molar-refractivity contribution is 7.87. The summed E-state index contributed by atoms with van der Waals surface area (Å²) in [6, 6.07) is 0. The van der Waals surface area contributed by atoms with Crippen molar-refractivity contribution in [3.05, 3.63) is 35.5 Å². The highest BCUT2D eigenvalue weighted by Crippen LogP contribution is 2.34. The number of ether oxygens (including phenoxy) is 2. The van der Waals surface area contributed by atoms with Crippen molar-refractivity contribution in [1.29, 1.82) is 0 Å². The number of carbonyl (C=O) groups excluding carboxylic acids is 1. The van der Waals surface area contributed by atoms with E-state index >= 15 is 0 Å². The van der Waals surface area contributed by atoms with Crippen molar-refractivity contribution < 1.29 is 26.9 Å². The Hall–Kier alpha value is -1.60. The summed E-state index contributed by atoms with van der Waals surface area (Å²) < 4.78 is 37.2. The van der Waals surface area contributed by atoms with Gasteiger partial charge in [-0.3, -0.25) is 8.98 Å². The average molecular weight is 286 g/mol. The lowest BCUT2D eigenvalue weighted by molar-refractivity contribution is -0.136. The Bertz CT molecular complexity index is 567. The molecule has 2 aliphatic rings. The second-order valence-corrected chi connectivity index (χ2v) is 5.64. The van der Waals surface area contributed by atoms with Crippen LogP contribution in [0.25, 0.3) is 0 Å². The van der Waals surface area contributed by atoms with Gasteiger partial charge in [-0.25, -0.2) is 0 Å². The summed E-state index contributed by atoms with van der Waals surface area (Å²) in [4.78, 5) is 11.6. The van der Waals surface area contributed by atoms with Gasteiger partial charge in [-0.2, -0.15) is 8.42 Å². The Balaban J connectivity index is 2.02. The smallest absolute Gasteiger partial charge is 0.328 e. The minimum absolute atomic E-state index is 0.00345. The second kappa shape index (κ2) is 5.58. The van der Waals surface area contributed by atoms with Crippen LogP contribution >= 0.6 is 0 Å². The Morgan fingerprint density at radius 3 is 2.95 bits per heavy atom. The lowest BCUT2D eigenvalue weighted by Crippen LogP contribution is -2.20. The summed E-state index contributed by atoms with van der Waals surface area (Å²) in [6.07, 6.45) is 6.03. The van der Waals surface area contributed by atoms with E-state index in [9.17, 15) is 13.2 Å². The lowest BCUT2D eigenvalue weighted by Gasteiger charge is -2.08. The van der Waals surface area contributed by atoms with Crippen molar-refractivity contribution in [3.8, 4) is 0 Å². The predicted molar refractivity (Wildman–Crippen MR) is 66.1 cm³/mol. The van der Waals surface area contributed by atoms with Crippen molar-refractivity contribution in [2.24, 2.45) is 0 Å². The molecule has 1 heterocycles. The first kappa shape index (κ1) is 13.8. The maximum absolute atomic E-state index is 11.6. The van der Waals surface area contributed by atoms with Gasteiger partial charge in [-0.15, -0.1) is 0 Å². The third kappa shape index (κ3) is 3.45. The van der Waals surface area contributed by atoms with E-state index in [-0.39, 0.29) is 6.61 Å². The minimum atomic E-state index is -3.86. The van der Waals surface area contributed by atoms with Crippen LogP contribution in [0.5, 0.6) is 0 Å². The summed E-state index contributed by atoms with van der Waals surface area (Å²) in [5, 5.41) is 0. The normalized spacial score (nSPS) is 17.8. The van der Waals surface area contributed by atoms with Crippen LogP contribution < -0.4 is 0 Å². The van der Waals surface area contributed by atoms with Gasteiger partial charge in [-0.05, 0) is 25.0 Å². The van der Waals surface area contributed by atoms with Gasteiger partial charge >= 0.3 is 5.97 Å². The predicted octanol–water partition coefficient (Wildman–Crippen LogP) is 1.37. The third-order valence-electron chi connectivity index (χ3n) is 2.62. The first-order chi connectivity index (χ1) is 9.02. The summed E-state index contributed by atoms with van der Waals surface area (Å²) in [7, 11) is -3.86. The molecule has 0 aromatic heterocycles. The molecule has 0 radical (unpaired) electrons. The van der Waals surface area contributed by atoms with Crippen LogP contribution in [0.15, 0.2) is 35.5 Å². The number of hydrogen-bond donors (Lipinski definition) is 0. The van der Waals surface area contributed by atoms with Crippen molar-refractivity contribution in [3.63, 3.8) is 0 Å². The molecular formula is C12H14O6S. The Morgan fingerprint density at radius 2 is 2.21 bits per heavy atom. The van der Waals surface area contributed by atoms with Gasteiger partial charge in [0.05, 0.1) is 19.1 Å². The zero-order valence-electron chi connectivity index (χ0n) is 10.4. The highest BCUT2D eigenvalue weighted by atomic mass is 32.2. The molecule has 0 unspecified atom stereocenters. The summed E-state index contributed by atoms with van der Waals surface area (Å²) >= 11 is 0. The van der Waals surface area contributed by atoms with Gasteiger partial charge in [0.1, 0.15) is 5.76 Å². The zero-order chi connectivity index (χ0) is 13.9. The second-order valence-electron chi connectivity index (χ2n) is 4.00. The molecule has 7 heteroatoms. The first-order valence-electron chi connectivity index (χ1n) is 5.84. The maximum atomic E-state index is 11.6. The molecule has 6 nitrogen and oxygen atoms in total. The number of carbonyl (C=O) groups is 1. The van der Waals surface area contributed by atoms with Crippen molar-refractivity contribution in [2.45, 2.75) is 19.8 Å². The zero-order valence-corrected chi connectivity index (χ0v) is 11.2. The van der Waals surface area contributed by atoms with E-state index in [4.69, 9.17) is 9.47 Å². The monoisotopic (exact) mass is 286 g/mol. The number of rotatable bonds is 5. The Labute approximate surface area is 111 Å². The molecule has 0 fully saturated rings. The van der Waals surface area contributed by atoms with E-state index in [1.165, 1.54) is 13.2 Å². The fraction of sp³-hybridized carbons (Fsp3) is 0.417. The quantitative estimate of drug-likeness (QED) is 0.561. The Kier molecular flexibility index (Phi) is 4.06. The van der Waals surface area contributed by atoms with Crippen molar-refractivity contribution in [1.82, 2.24) is 0 Å².